The van der Waals surface area contributed by atoms with Gasteiger partial charge in [-0.05, 0) is 39.8 Å². The van der Waals surface area contributed by atoms with Gasteiger partial charge in [0, 0.05) is 5.69 Å². The molecule has 0 fully saturated rings. The minimum absolute atomic E-state index is 0.105. The van der Waals surface area contributed by atoms with E-state index in [1.54, 1.807) is 33.8 Å². The minimum Gasteiger partial charge on any atom is -0.459 e. The highest BCUT2D eigenvalue weighted by atomic mass is 32.2. The average Bonchev–Trinajstić information content (AvgIpc) is 2.24. The first-order chi connectivity index (χ1) is 9.39. The zero-order chi connectivity index (χ0) is 16.4. The van der Waals surface area contributed by atoms with E-state index in [0.29, 0.717) is 5.69 Å². The lowest BCUT2D eigenvalue weighted by atomic mass is 10.2. The van der Waals surface area contributed by atoms with Crippen LogP contribution in [-0.2, 0) is 26.1 Å². The lowest BCUT2D eigenvalue weighted by molar-refractivity contribution is -0.155. The van der Waals surface area contributed by atoms with Crippen molar-refractivity contribution >= 4 is 21.7 Å². The van der Waals surface area contributed by atoms with E-state index >= 15 is 0 Å². The molecule has 1 rings (SSSR count). The van der Waals surface area contributed by atoms with E-state index in [0.717, 1.165) is 6.26 Å². The summed E-state index contributed by atoms with van der Waals surface area (Å²) in [5, 5.41) is 0. The fraction of sp³-hybridized carbons (Fsp3) is 0.538. The number of aryl methyl sites for hydroxylation is 1. The third-order valence-corrected chi connectivity index (χ3v) is 2.99. The molecule has 0 bridgehead atoms. The van der Waals surface area contributed by atoms with E-state index < -0.39 is 27.2 Å². The third kappa shape index (κ3) is 5.58. The first-order valence-corrected chi connectivity index (χ1v) is 8.18. The summed E-state index contributed by atoms with van der Waals surface area (Å²) in [6.45, 7) is 6.55. The fourth-order valence-corrected chi connectivity index (χ4v) is 2.20. The Hall–Kier alpha value is -1.83. The van der Waals surface area contributed by atoms with Crippen molar-refractivity contribution in [3.63, 3.8) is 0 Å². The molecule has 1 aromatic heterocycles. The molecule has 0 unspecified atom stereocenters. The minimum atomic E-state index is -3.57. The smallest absolute Gasteiger partial charge is 0.326 e. The maximum atomic E-state index is 12.2. The van der Waals surface area contributed by atoms with Crippen molar-refractivity contribution in [1.82, 2.24) is 4.57 Å². The maximum Gasteiger partial charge on any atom is 0.326 e. The molecule has 0 aliphatic rings. The summed E-state index contributed by atoms with van der Waals surface area (Å²) in [5.41, 5.74) is -0.820. The number of esters is 1. The number of ether oxygens (including phenoxy) is 1. The highest BCUT2D eigenvalue weighted by Gasteiger charge is 2.18. The molecule has 1 heterocycles. The average molecular weight is 316 g/mol. The maximum absolute atomic E-state index is 12.2. The molecule has 8 heteroatoms. The largest absolute Gasteiger partial charge is 0.459 e. The second-order valence-electron chi connectivity index (χ2n) is 5.74. The van der Waals surface area contributed by atoms with Crippen LogP contribution in [0.3, 0.4) is 0 Å². The number of carbonyl (C=O) groups excluding carboxylic acids is 1. The molecule has 0 aliphatic heterocycles. The Morgan fingerprint density at radius 2 is 1.90 bits per heavy atom. The van der Waals surface area contributed by atoms with Crippen molar-refractivity contribution in [3.8, 4) is 0 Å². The summed E-state index contributed by atoms with van der Waals surface area (Å²) >= 11 is 0. The van der Waals surface area contributed by atoms with Crippen LogP contribution in [-0.4, -0.2) is 30.8 Å². The molecule has 0 spiro atoms. The van der Waals surface area contributed by atoms with Gasteiger partial charge in [-0.3, -0.25) is 18.9 Å². The van der Waals surface area contributed by atoms with Gasteiger partial charge in [0.05, 0.1) is 6.26 Å². The van der Waals surface area contributed by atoms with E-state index in [-0.39, 0.29) is 12.2 Å². The molecule has 0 amide bonds. The monoisotopic (exact) mass is 316 g/mol. The number of anilines is 1. The molecule has 1 N–H and O–H groups in total. The number of hydrogen-bond donors (Lipinski definition) is 1. The summed E-state index contributed by atoms with van der Waals surface area (Å²) in [7, 11) is -3.57. The SMILES string of the molecule is Cc1ccc(NS(C)(=O)=O)c(=O)n1CC(=O)OC(C)(C)C. The molecular formula is C13H20N2O5S. The Labute approximate surface area is 124 Å². The molecule has 118 valence electrons. The van der Waals surface area contributed by atoms with Gasteiger partial charge < -0.3 is 4.74 Å². The molecule has 0 aliphatic carbocycles. The second-order valence-corrected chi connectivity index (χ2v) is 7.49. The number of nitrogens with zero attached hydrogens (tertiary/aromatic N) is 1. The number of aromatic nitrogens is 1. The van der Waals surface area contributed by atoms with E-state index in [4.69, 9.17) is 4.74 Å². The third-order valence-electron chi connectivity index (χ3n) is 2.40. The first kappa shape index (κ1) is 17.2. The molecule has 7 nitrogen and oxygen atoms in total. The number of carbonyl (C=O) groups is 1. The number of pyridine rings is 1. The van der Waals surface area contributed by atoms with Gasteiger partial charge in [-0.2, -0.15) is 0 Å². The van der Waals surface area contributed by atoms with Gasteiger partial charge in [-0.15, -0.1) is 0 Å². The molecule has 0 aromatic carbocycles. The zero-order valence-electron chi connectivity index (χ0n) is 12.8. The quantitative estimate of drug-likeness (QED) is 0.832. The van der Waals surface area contributed by atoms with Gasteiger partial charge in [0.15, 0.2) is 0 Å². The van der Waals surface area contributed by atoms with Crippen LogP contribution < -0.4 is 10.3 Å². The van der Waals surface area contributed by atoms with Crippen molar-refractivity contribution < 1.29 is 17.9 Å². The van der Waals surface area contributed by atoms with E-state index in [2.05, 4.69) is 4.72 Å². The lowest BCUT2D eigenvalue weighted by Gasteiger charge is -2.20. The fourth-order valence-electron chi connectivity index (χ4n) is 1.65. The topological polar surface area (TPSA) is 94.5 Å². The van der Waals surface area contributed by atoms with Crippen LogP contribution >= 0.6 is 0 Å². The van der Waals surface area contributed by atoms with Crippen molar-refractivity contribution in [1.29, 1.82) is 0 Å². The van der Waals surface area contributed by atoms with Crippen molar-refractivity contribution in [2.24, 2.45) is 0 Å². The summed E-state index contributed by atoms with van der Waals surface area (Å²) < 4.78 is 30.9. The number of sulfonamides is 1. The Morgan fingerprint density at radius 1 is 1.33 bits per heavy atom. The molecule has 1 aromatic rings. The summed E-state index contributed by atoms with van der Waals surface area (Å²) in [4.78, 5) is 24.0. The van der Waals surface area contributed by atoms with Crippen molar-refractivity contribution in [3.05, 3.63) is 28.2 Å². The molecule has 0 saturated heterocycles. The standard InChI is InChI=1S/C13H20N2O5S/c1-9-6-7-10(14-21(5,18)19)12(17)15(9)8-11(16)20-13(2,3)4/h6-7,14H,8H2,1-5H3. The molecule has 0 atom stereocenters. The number of nitrogens with one attached hydrogen (secondary N) is 1. The van der Waals surface area contributed by atoms with E-state index in [9.17, 15) is 18.0 Å². The first-order valence-electron chi connectivity index (χ1n) is 6.29. The zero-order valence-corrected chi connectivity index (χ0v) is 13.6. The van der Waals surface area contributed by atoms with Crippen LogP contribution in [0.5, 0.6) is 0 Å². The molecule has 0 radical (unpaired) electrons. The highest BCUT2D eigenvalue weighted by molar-refractivity contribution is 7.92. The molecule has 21 heavy (non-hydrogen) atoms. The van der Waals surface area contributed by atoms with Gasteiger partial charge >= 0.3 is 5.97 Å². The van der Waals surface area contributed by atoms with Gasteiger partial charge in [0.2, 0.25) is 10.0 Å². The van der Waals surface area contributed by atoms with Crippen LogP contribution in [0.15, 0.2) is 16.9 Å². The van der Waals surface area contributed by atoms with Crippen molar-refractivity contribution in [2.75, 3.05) is 11.0 Å². The predicted molar refractivity (Wildman–Crippen MR) is 79.8 cm³/mol. The van der Waals surface area contributed by atoms with Crippen LogP contribution in [0, 0.1) is 6.92 Å². The number of hydrogen-bond acceptors (Lipinski definition) is 5. The summed E-state index contributed by atoms with van der Waals surface area (Å²) in [6, 6.07) is 2.92. The van der Waals surface area contributed by atoms with Gasteiger partial charge in [0.25, 0.3) is 5.56 Å². The Bertz CT molecular complexity index is 698. The van der Waals surface area contributed by atoms with Crippen LogP contribution in [0.2, 0.25) is 0 Å². The highest BCUT2D eigenvalue weighted by Crippen LogP contribution is 2.09. The van der Waals surface area contributed by atoms with Gasteiger partial charge in [-0.25, -0.2) is 8.42 Å². The van der Waals surface area contributed by atoms with Crippen LogP contribution in [0.4, 0.5) is 5.69 Å². The molecular weight excluding hydrogens is 296 g/mol. The second kappa shape index (κ2) is 5.88. The lowest BCUT2D eigenvalue weighted by Crippen LogP contribution is -2.33. The van der Waals surface area contributed by atoms with Crippen LogP contribution in [0.25, 0.3) is 0 Å². The van der Waals surface area contributed by atoms with E-state index in [1.807, 2.05) is 0 Å². The van der Waals surface area contributed by atoms with Gasteiger partial charge in [-0.1, -0.05) is 0 Å². The molecule has 0 saturated carbocycles. The van der Waals surface area contributed by atoms with E-state index in [1.165, 1.54) is 10.6 Å². The van der Waals surface area contributed by atoms with Crippen molar-refractivity contribution in [2.45, 2.75) is 39.8 Å². The summed E-state index contributed by atoms with van der Waals surface area (Å²) in [6.07, 6.45) is 0.949. The van der Waals surface area contributed by atoms with Crippen LogP contribution in [0.1, 0.15) is 26.5 Å². The number of rotatable bonds is 4. The Balaban J connectivity index is 3.11. The Kier molecular flexibility index (Phi) is 4.83. The van der Waals surface area contributed by atoms with Gasteiger partial charge in [0.1, 0.15) is 17.8 Å². The normalized spacial score (nSPS) is 12.0. The Morgan fingerprint density at radius 3 is 2.38 bits per heavy atom. The predicted octanol–water partition coefficient (Wildman–Crippen LogP) is 0.870. The summed E-state index contributed by atoms with van der Waals surface area (Å²) in [5.74, 6) is -0.566.